The molecule has 0 aliphatic carbocycles. The topological polar surface area (TPSA) is 35.5 Å². The van der Waals surface area contributed by atoms with Gasteiger partial charge < -0.3 is 9.05 Å². The van der Waals surface area contributed by atoms with E-state index in [9.17, 15) is 4.57 Å². The molecule has 0 fully saturated rings. The van der Waals surface area contributed by atoms with Crippen LogP contribution in [0.3, 0.4) is 0 Å². The Balaban J connectivity index is 3.12. The van der Waals surface area contributed by atoms with Gasteiger partial charge in [0.05, 0.1) is 13.2 Å². The molecule has 0 aromatic carbocycles. The molecule has 0 N–H and O–H groups in total. The molecular formula is C10H23O3PS2. The van der Waals surface area contributed by atoms with E-state index in [0.29, 0.717) is 13.2 Å². The lowest BCUT2D eigenvalue weighted by atomic mass is 10.5. The molecule has 0 aliphatic rings. The third-order valence-electron chi connectivity index (χ3n) is 1.71. The molecule has 0 saturated heterocycles. The lowest BCUT2D eigenvalue weighted by molar-refractivity contribution is 0.227. The Morgan fingerprint density at radius 2 is 1.38 bits per heavy atom. The number of rotatable bonds is 12. The first kappa shape index (κ1) is 16.9. The Kier molecular flexibility index (Phi) is 14.7. The van der Waals surface area contributed by atoms with Crippen molar-refractivity contribution in [3.05, 3.63) is 0 Å². The molecule has 0 heterocycles. The van der Waals surface area contributed by atoms with Crippen LogP contribution < -0.4 is 0 Å². The first-order chi connectivity index (χ1) is 7.81. The van der Waals surface area contributed by atoms with E-state index in [-0.39, 0.29) is 0 Å². The summed E-state index contributed by atoms with van der Waals surface area (Å²) in [5.41, 5.74) is 0. The highest BCUT2D eigenvalue weighted by Crippen LogP contribution is 2.24. The summed E-state index contributed by atoms with van der Waals surface area (Å²) in [4.78, 5) is 0. The Hall–Kier alpha value is 0.850. The molecule has 0 rings (SSSR count). The van der Waals surface area contributed by atoms with E-state index in [1.807, 2.05) is 23.5 Å². The van der Waals surface area contributed by atoms with Crippen LogP contribution in [0, 0.1) is 0 Å². The fourth-order valence-corrected chi connectivity index (χ4v) is 2.89. The van der Waals surface area contributed by atoms with Crippen LogP contribution in [-0.2, 0) is 13.6 Å². The van der Waals surface area contributed by atoms with Crippen LogP contribution >= 0.6 is 31.8 Å². The Morgan fingerprint density at radius 3 is 1.75 bits per heavy atom. The van der Waals surface area contributed by atoms with E-state index in [2.05, 4.69) is 13.8 Å². The van der Waals surface area contributed by atoms with Gasteiger partial charge in [0.2, 0.25) is 0 Å². The van der Waals surface area contributed by atoms with Crippen molar-refractivity contribution in [3.8, 4) is 0 Å². The van der Waals surface area contributed by atoms with Gasteiger partial charge in [-0.3, -0.25) is 4.57 Å². The fraction of sp³-hybridized carbons (Fsp3) is 1.00. The summed E-state index contributed by atoms with van der Waals surface area (Å²) in [5.74, 6) is 4.39. The van der Waals surface area contributed by atoms with E-state index < -0.39 is 8.25 Å². The largest absolute Gasteiger partial charge is 0.319 e. The fourth-order valence-electron chi connectivity index (χ4n) is 0.963. The average molecular weight is 286 g/mol. The summed E-state index contributed by atoms with van der Waals surface area (Å²) in [6.07, 6.45) is 1.90. The zero-order valence-electron chi connectivity index (χ0n) is 10.2. The molecule has 0 bridgehead atoms. The summed E-state index contributed by atoms with van der Waals surface area (Å²) in [7, 11) is -2.23. The molecule has 0 aromatic rings. The van der Waals surface area contributed by atoms with Crippen molar-refractivity contribution in [3.63, 3.8) is 0 Å². The highest BCUT2D eigenvalue weighted by molar-refractivity contribution is 7.99. The SMILES string of the molecule is CCSCCCO[PH](=O)OCCCSCC. The molecule has 0 saturated carbocycles. The predicted octanol–water partition coefficient (Wildman–Crippen LogP) is 3.70. The summed E-state index contributed by atoms with van der Waals surface area (Å²) >= 11 is 3.74. The molecule has 0 atom stereocenters. The molecule has 6 heteroatoms. The van der Waals surface area contributed by atoms with Crippen molar-refractivity contribution in [1.29, 1.82) is 0 Å². The van der Waals surface area contributed by atoms with Crippen molar-refractivity contribution in [2.45, 2.75) is 26.7 Å². The van der Waals surface area contributed by atoms with E-state index in [1.54, 1.807) is 0 Å². The molecule has 98 valence electrons. The van der Waals surface area contributed by atoms with Gasteiger partial charge in [-0.2, -0.15) is 23.5 Å². The van der Waals surface area contributed by atoms with Crippen LogP contribution in [-0.4, -0.2) is 36.2 Å². The standard InChI is InChI=1S/C10H23O3PS2/c1-3-15-9-5-7-12-14(11)13-8-6-10-16-4-2/h14H,3-10H2,1-2H3. The first-order valence-corrected chi connectivity index (χ1v) is 9.29. The van der Waals surface area contributed by atoms with E-state index in [4.69, 9.17) is 9.05 Å². The molecule has 0 amide bonds. The van der Waals surface area contributed by atoms with Gasteiger partial charge >= 0.3 is 8.25 Å². The molecule has 0 aliphatic heterocycles. The minimum Gasteiger partial charge on any atom is -0.311 e. The van der Waals surface area contributed by atoms with Gasteiger partial charge in [0.15, 0.2) is 0 Å². The molecule has 0 radical (unpaired) electrons. The highest BCUT2D eigenvalue weighted by Gasteiger charge is 1.99. The molecule has 16 heavy (non-hydrogen) atoms. The molecule has 0 unspecified atom stereocenters. The maximum Gasteiger partial charge on any atom is 0.319 e. The lowest BCUT2D eigenvalue weighted by Crippen LogP contribution is -1.94. The summed E-state index contributed by atoms with van der Waals surface area (Å²) < 4.78 is 21.4. The molecule has 0 aromatic heterocycles. The molecular weight excluding hydrogens is 263 g/mol. The Bertz CT molecular complexity index is 154. The maximum absolute atomic E-state index is 11.2. The maximum atomic E-state index is 11.2. The molecule has 0 spiro atoms. The van der Waals surface area contributed by atoms with E-state index in [0.717, 1.165) is 35.9 Å². The van der Waals surface area contributed by atoms with Crippen molar-refractivity contribution < 1.29 is 13.6 Å². The van der Waals surface area contributed by atoms with Crippen LogP contribution in [0.2, 0.25) is 0 Å². The van der Waals surface area contributed by atoms with Gasteiger partial charge in [-0.15, -0.1) is 0 Å². The third kappa shape index (κ3) is 12.9. The second-order valence-electron chi connectivity index (χ2n) is 3.05. The zero-order chi connectivity index (χ0) is 12.1. The first-order valence-electron chi connectivity index (χ1n) is 5.76. The van der Waals surface area contributed by atoms with Gasteiger partial charge in [-0.25, -0.2) is 0 Å². The van der Waals surface area contributed by atoms with Crippen LogP contribution in [0.1, 0.15) is 26.7 Å². The van der Waals surface area contributed by atoms with Crippen LogP contribution in [0.4, 0.5) is 0 Å². The number of hydrogen-bond donors (Lipinski definition) is 0. The van der Waals surface area contributed by atoms with Gasteiger partial charge in [0, 0.05) is 0 Å². The Morgan fingerprint density at radius 1 is 0.938 bits per heavy atom. The van der Waals surface area contributed by atoms with Gasteiger partial charge in [0.1, 0.15) is 0 Å². The lowest BCUT2D eigenvalue weighted by Gasteiger charge is -2.05. The van der Waals surface area contributed by atoms with Gasteiger partial charge in [-0.1, -0.05) is 13.8 Å². The van der Waals surface area contributed by atoms with Crippen LogP contribution in [0.25, 0.3) is 0 Å². The van der Waals surface area contributed by atoms with Gasteiger partial charge in [-0.05, 0) is 35.9 Å². The zero-order valence-corrected chi connectivity index (χ0v) is 12.8. The quantitative estimate of drug-likeness (QED) is 0.404. The second kappa shape index (κ2) is 13.9. The average Bonchev–Trinajstić information content (AvgIpc) is 2.28. The summed E-state index contributed by atoms with van der Waals surface area (Å²) in [6, 6.07) is 0. The number of thioether (sulfide) groups is 2. The predicted molar refractivity (Wildman–Crippen MR) is 76.1 cm³/mol. The summed E-state index contributed by atoms with van der Waals surface area (Å²) in [6.45, 7) is 5.36. The van der Waals surface area contributed by atoms with Crippen LogP contribution in [0.5, 0.6) is 0 Å². The van der Waals surface area contributed by atoms with Crippen LogP contribution in [0.15, 0.2) is 0 Å². The van der Waals surface area contributed by atoms with Crippen molar-refractivity contribution in [2.75, 3.05) is 36.2 Å². The van der Waals surface area contributed by atoms with E-state index >= 15 is 0 Å². The monoisotopic (exact) mass is 286 g/mol. The highest BCUT2D eigenvalue weighted by atomic mass is 32.2. The van der Waals surface area contributed by atoms with E-state index in [1.165, 1.54) is 0 Å². The second-order valence-corrected chi connectivity index (χ2v) is 6.91. The van der Waals surface area contributed by atoms with Crippen molar-refractivity contribution in [1.82, 2.24) is 0 Å². The summed E-state index contributed by atoms with van der Waals surface area (Å²) in [5, 5.41) is 0. The van der Waals surface area contributed by atoms with Gasteiger partial charge in [0.25, 0.3) is 0 Å². The minimum absolute atomic E-state index is 0.550. The smallest absolute Gasteiger partial charge is 0.311 e. The van der Waals surface area contributed by atoms with Crippen molar-refractivity contribution in [2.24, 2.45) is 0 Å². The van der Waals surface area contributed by atoms with Crippen molar-refractivity contribution >= 4 is 31.8 Å². The minimum atomic E-state index is -2.23. The Labute approximate surface area is 108 Å². The molecule has 3 nitrogen and oxygen atoms in total. The normalized spacial score (nSPS) is 11.2. The number of hydrogen-bond acceptors (Lipinski definition) is 5. The third-order valence-corrected chi connectivity index (χ3v) is 4.56.